The summed E-state index contributed by atoms with van der Waals surface area (Å²) in [6.07, 6.45) is 2.48. The predicted octanol–water partition coefficient (Wildman–Crippen LogP) is 2.84. The van der Waals surface area contributed by atoms with Gasteiger partial charge < -0.3 is 24.5 Å². The van der Waals surface area contributed by atoms with Gasteiger partial charge in [-0.15, -0.1) is 13.2 Å². The van der Waals surface area contributed by atoms with Crippen molar-refractivity contribution in [1.29, 1.82) is 0 Å². The predicted molar refractivity (Wildman–Crippen MR) is 113 cm³/mol. The van der Waals surface area contributed by atoms with Crippen molar-refractivity contribution >= 4 is 29.2 Å². The first-order valence-corrected chi connectivity index (χ1v) is 8.89. The maximum absolute atomic E-state index is 12.6. The van der Waals surface area contributed by atoms with E-state index >= 15 is 0 Å². The summed E-state index contributed by atoms with van der Waals surface area (Å²) >= 11 is 0. The van der Waals surface area contributed by atoms with E-state index in [-0.39, 0.29) is 11.9 Å². The lowest BCUT2D eigenvalue weighted by molar-refractivity contribution is 0.0943. The SMILES string of the molecule is C=C.CN=CCC(C)NC(=O)c1cccc2oc(N(C)CCN(C)C)nc12. The summed E-state index contributed by atoms with van der Waals surface area (Å²) in [7, 11) is 7.69. The third-order valence-electron chi connectivity index (χ3n) is 3.88. The van der Waals surface area contributed by atoms with Gasteiger partial charge in [-0.1, -0.05) is 6.07 Å². The molecule has 1 N–H and O–H groups in total. The molecule has 1 aromatic carbocycles. The third kappa shape index (κ3) is 6.53. The lowest BCUT2D eigenvalue weighted by atomic mass is 10.1. The molecule has 0 fully saturated rings. The van der Waals surface area contributed by atoms with E-state index in [9.17, 15) is 4.79 Å². The molecule has 0 bridgehead atoms. The maximum atomic E-state index is 12.6. The minimum absolute atomic E-state index is 0.000549. The highest BCUT2D eigenvalue weighted by atomic mass is 16.4. The van der Waals surface area contributed by atoms with Crippen LogP contribution in [0.3, 0.4) is 0 Å². The van der Waals surface area contributed by atoms with Crippen molar-refractivity contribution in [2.75, 3.05) is 46.2 Å². The second-order valence-electron chi connectivity index (χ2n) is 6.42. The molecule has 7 heteroatoms. The monoisotopic (exact) mass is 373 g/mol. The zero-order valence-electron chi connectivity index (χ0n) is 17.0. The van der Waals surface area contributed by atoms with Gasteiger partial charge in [-0.25, -0.2) is 0 Å². The number of oxazole rings is 1. The van der Waals surface area contributed by atoms with Crippen molar-refractivity contribution in [3.8, 4) is 0 Å². The van der Waals surface area contributed by atoms with E-state index in [0.29, 0.717) is 29.1 Å². The number of anilines is 1. The van der Waals surface area contributed by atoms with Crippen LogP contribution in [0.4, 0.5) is 6.01 Å². The molecule has 0 spiro atoms. The molecular formula is C20H31N5O2. The molecule has 0 saturated heterocycles. The Morgan fingerprint density at radius 2 is 2.04 bits per heavy atom. The summed E-state index contributed by atoms with van der Waals surface area (Å²) in [6, 6.07) is 5.92. The van der Waals surface area contributed by atoms with Crippen molar-refractivity contribution < 1.29 is 9.21 Å². The molecule has 0 saturated carbocycles. The average Bonchev–Trinajstić information content (AvgIpc) is 3.10. The number of nitrogens with zero attached hydrogens (tertiary/aromatic N) is 4. The van der Waals surface area contributed by atoms with Crippen molar-refractivity contribution in [2.45, 2.75) is 19.4 Å². The first kappa shape index (κ1) is 22.4. The van der Waals surface area contributed by atoms with E-state index in [1.54, 1.807) is 19.3 Å². The molecule has 1 heterocycles. The van der Waals surface area contributed by atoms with Crippen molar-refractivity contribution in [2.24, 2.45) is 4.99 Å². The number of carbonyl (C=O) groups is 1. The molecule has 1 amide bonds. The highest BCUT2D eigenvalue weighted by Gasteiger charge is 2.18. The standard InChI is InChI=1S/C18H27N5O2.C2H4/c1-13(9-10-19-2)20-17(24)14-7-6-8-15-16(14)21-18(25-15)23(5)12-11-22(3)4;1-2/h6-8,10,13H,9,11-12H2,1-5H3,(H,20,24);1-2H2. The Bertz CT molecular complexity index is 754. The van der Waals surface area contributed by atoms with E-state index in [2.05, 4.69) is 33.4 Å². The fraction of sp³-hybridized carbons (Fsp3) is 0.450. The van der Waals surface area contributed by atoms with Gasteiger partial charge in [0.2, 0.25) is 0 Å². The summed E-state index contributed by atoms with van der Waals surface area (Å²) in [5.41, 5.74) is 1.72. The molecule has 7 nitrogen and oxygen atoms in total. The van der Waals surface area contributed by atoms with Crippen LogP contribution in [-0.2, 0) is 0 Å². The number of hydrogen-bond donors (Lipinski definition) is 1. The van der Waals surface area contributed by atoms with Gasteiger partial charge in [0.1, 0.15) is 5.52 Å². The van der Waals surface area contributed by atoms with Crippen LogP contribution < -0.4 is 10.2 Å². The van der Waals surface area contributed by atoms with Crippen LogP contribution in [0.15, 0.2) is 40.8 Å². The van der Waals surface area contributed by atoms with Crippen LogP contribution in [0.1, 0.15) is 23.7 Å². The quantitative estimate of drug-likeness (QED) is 0.569. The molecule has 1 atom stereocenters. The van der Waals surface area contributed by atoms with E-state index in [0.717, 1.165) is 13.1 Å². The number of fused-ring (bicyclic) bond motifs is 1. The Morgan fingerprint density at radius 3 is 2.67 bits per heavy atom. The van der Waals surface area contributed by atoms with Crippen LogP contribution in [0.25, 0.3) is 11.1 Å². The number of para-hydroxylation sites is 1. The van der Waals surface area contributed by atoms with Crippen molar-refractivity contribution in [3.63, 3.8) is 0 Å². The molecule has 27 heavy (non-hydrogen) atoms. The Hall–Kier alpha value is -2.67. The van der Waals surface area contributed by atoms with E-state index in [1.165, 1.54) is 0 Å². The van der Waals surface area contributed by atoms with E-state index < -0.39 is 0 Å². The number of amides is 1. The number of carbonyl (C=O) groups excluding carboxylic acids is 1. The Morgan fingerprint density at radius 1 is 1.33 bits per heavy atom. The zero-order chi connectivity index (χ0) is 20.4. The fourth-order valence-electron chi connectivity index (χ4n) is 2.35. The highest BCUT2D eigenvalue weighted by Crippen LogP contribution is 2.24. The van der Waals surface area contributed by atoms with Crippen LogP contribution in [0.2, 0.25) is 0 Å². The second kappa shape index (κ2) is 11.1. The molecule has 0 aliphatic carbocycles. The van der Waals surface area contributed by atoms with Gasteiger partial charge in [0.15, 0.2) is 5.58 Å². The molecule has 1 aromatic heterocycles. The average molecular weight is 374 g/mol. The second-order valence-corrected chi connectivity index (χ2v) is 6.42. The van der Waals surface area contributed by atoms with Gasteiger partial charge in [-0.05, 0) is 33.2 Å². The summed E-state index contributed by atoms with van der Waals surface area (Å²) < 4.78 is 5.82. The van der Waals surface area contributed by atoms with Gasteiger partial charge in [0.25, 0.3) is 11.9 Å². The number of rotatable bonds is 8. The first-order chi connectivity index (χ1) is 12.9. The van der Waals surface area contributed by atoms with Crippen LogP contribution >= 0.6 is 0 Å². The number of aliphatic imine (C=N–C) groups is 1. The van der Waals surface area contributed by atoms with Gasteiger partial charge in [0.05, 0.1) is 5.56 Å². The molecular weight excluding hydrogens is 342 g/mol. The first-order valence-electron chi connectivity index (χ1n) is 8.89. The van der Waals surface area contributed by atoms with Gasteiger partial charge in [-0.2, -0.15) is 4.98 Å². The molecule has 0 aliphatic heterocycles. The number of hydrogen-bond acceptors (Lipinski definition) is 6. The van der Waals surface area contributed by atoms with Crippen LogP contribution in [0, 0.1) is 0 Å². The number of nitrogens with one attached hydrogen (secondary N) is 1. The molecule has 0 aliphatic rings. The lowest BCUT2D eigenvalue weighted by Gasteiger charge is -2.17. The van der Waals surface area contributed by atoms with Gasteiger partial charge >= 0.3 is 0 Å². The normalized spacial score (nSPS) is 12.1. The topological polar surface area (TPSA) is 74.0 Å². The smallest absolute Gasteiger partial charge is 0.298 e. The third-order valence-corrected chi connectivity index (χ3v) is 3.88. The summed E-state index contributed by atoms with van der Waals surface area (Å²) in [4.78, 5) is 25.1. The van der Waals surface area contributed by atoms with Gasteiger partial charge in [0, 0.05) is 45.9 Å². The molecule has 2 aromatic rings. The summed E-state index contributed by atoms with van der Waals surface area (Å²) in [5, 5.41) is 2.97. The van der Waals surface area contributed by atoms with Gasteiger partial charge in [-0.3, -0.25) is 4.79 Å². The summed E-state index contributed by atoms with van der Waals surface area (Å²) in [5.74, 6) is -0.154. The van der Waals surface area contributed by atoms with Crippen molar-refractivity contribution in [1.82, 2.24) is 15.2 Å². The summed E-state index contributed by atoms with van der Waals surface area (Å²) in [6.45, 7) is 9.62. The Labute approximate surface area is 161 Å². The minimum Gasteiger partial charge on any atom is -0.423 e. The van der Waals surface area contributed by atoms with E-state index in [4.69, 9.17) is 4.42 Å². The largest absolute Gasteiger partial charge is 0.423 e. The maximum Gasteiger partial charge on any atom is 0.298 e. The molecule has 0 radical (unpaired) electrons. The number of likely N-dealkylation sites (N-methyl/N-ethyl adjacent to an activating group) is 2. The van der Waals surface area contributed by atoms with Crippen molar-refractivity contribution in [3.05, 3.63) is 36.9 Å². The lowest BCUT2D eigenvalue weighted by Crippen LogP contribution is -2.32. The highest BCUT2D eigenvalue weighted by molar-refractivity contribution is 6.04. The Kier molecular flexibility index (Phi) is 9.22. The number of aromatic nitrogens is 1. The Balaban J connectivity index is 0.00000176. The number of benzene rings is 1. The zero-order valence-corrected chi connectivity index (χ0v) is 17.0. The van der Waals surface area contributed by atoms with Crippen LogP contribution in [0.5, 0.6) is 0 Å². The molecule has 2 rings (SSSR count). The molecule has 1 unspecified atom stereocenters. The molecule has 148 valence electrons. The fourth-order valence-corrected chi connectivity index (χ4v) is 2.35. The minimum atomic E-state index is -0.154. The van der Waals surface area contributed by atoms with E-state index in [1.807, 2.05) is 45.1 Å². The van der Waals surface area contributed by atoms with Crippen LogP contribution in [-0.4, -0.2) is 69.3 Å².